The van der Waals surface area contributed by atoms with Gasteiger partial charge in [0.1, 0.15) is 11.3 Å². The summed E-state index contributed by atoms with van der Waals surface area (Å²) in [6, 6.07) is 1.84. The molecule has 4 rings (SSSR count). The van der Waals surface area contributed by atoms with Gasteiger partial charge in [0.15, 0.2) is 5.65 Å². The van der Waals surface area contributed by atoms with Crippen LogP contribution < -0.4 is 0 Å². The van der Waals surface area contributed by atoms with E-state index < -0.39 is 0 Å². The molecule has 25 heavy (non-hydrogen) atoms. The van der Waals surface area contributed by atoms with E-state index in [1.807, 2.05) is 22.7 Å². The van der Waals surface area contributed by atoms with E-state index in [0.29, 0.717) is 24.2 Å². The Morgan fingerprint density at radius 2 is 2.16 bits per heavy atom. The molecule has 8 nitrogen and oxygen atoms in total. The molecule has 0 bridgehead atoms. The molecule has 1 amide bonds. The maximum absolute atomic E-state index is 13.1. The fourth-order valence-corrected chi connectivity index (χ4v) is 3.47. The number of rotatable bonds is 3. The fraction of sp³-hybridized carbons (Fsp3) is 0.412. The molecule has 3 aromatic heterocycles. The van der Waals surface area contributed by atoms with Gasteiger partial charge in [-0.2, -0.15) is 0 Å². The van der Waals surface area contributed by atoms with Crippen molar-refractivity contribution in [1.82, 2.24) is 34.3 Å². The van der Waals surface area contributed by atoms with Crippen LogP contribution in [0.4, 0.5) is 0 Å². The topological polar surface area (TPSA) is 82.9 Å². The van der Waals surface area contributed by atoms with Crippen LogP contribution in [0, 0.1) is 0 Å². The molecule has 0 spiro atoms. The molecule has 1 N–H and O–H groups in total. The standard InChI is InChI=1S/C17H21N7O/c1-3-23-8-9-24(10-13(23)15-18-6-7-19-15)17(25)12-4-5-20-16-14(12)21-11-22(16)2/h4-7,11,13H,3,8-10H2,1-2H3,(H,18,19). The number of aromatic amines is 1. The normalized spacial score (nSPS) is 18.8. The summed E-state index contributed by atoms with van der Waals surface area (Å²) in [4.78, 5) is 33.6. The summed E-state index contributed by atoms with van der Waals surface area (Å²) in [6.07, 6.45) is 6.94. The highest BCUT2D eigenvalue weighted by Gasteiger charge is 2.32. The first kappa shape index (κ1) is 15.8. The summed E-state index contributed by atoms with van der Waals surface area (Å²) in [7, 11) is 1.88. The molecule has 0 radical (unpaired) electrons. The zero-order valence-corrected chi connectivity index (χ0v) is 14.4. The number of imidazole rings is 2. The van der Waals surface area contributed by atoms with Gasteiger partial charge in [-0.3, -0.25) is 9.69 Å². The summed E-state index contributed by atoms with van der Waals surface area (Å²) >= 11 is 0. The molecule has 0 aliphatic carbocycles. The number of carbonyl (C=O) groups is 1. The number of nitrogens with one attached hydrogen (secondary N) is 1. The van der Waals surface area contributed by atoms with E-state index in [9.17, 15) is 4.79 Å². The average molecular weight is 339 g/mol. The second-order valence-electron chi connectivity index (χ2n) is 6.26. The predicted molar refractivity (Wildman–Crippen MR) is 93.0 cm³/mol. The van der Waals surface area contributed by atoms with Gasteiger partial charge in [-0.05, 0) is 12.6 Å². The lowest BCUT2D eigenvalue weighted by molar-refractivity contribution is 0.0481. The van der Waals surface area contributed by atoms with Crippen LogP contribution in [-0.2, 0) is 7.05 Å². The van der Waals surface area contributed by atoms with Gasteiger partial charge in [0, 0.05) is 45.3 Å². The van der Waals surface area contributed by atoms with Gasteiger partial charge < -0.3 is 14.5 Å². The molecule has 3 aromatic rings. The summed E-state index contributed by atoms with van der Waals surface area (Å²) in [5.74, 6) is 0.899. The van der Waals surface area contributed by atoms with Crippen LogP contribution in [0.15, 0.2) is 31.0 Å². The second kappa shape index (κ2) is 6.29. The highest BCUT2D eigenvalue weighted by molar-refractivity contribution is 6.04. The third kappa shape index (κ3) is 2.68. The molecular formula is C17H21N7O. The largest absolute Gasteiger partial charge is 0.347 e. The van der Waals surface area contributed by atoms with Gasteiger partial charge in [-0.1, -0.05) is 6.92 Å². The van der Waals surface area contributed by atoms with E-state index in [2.05, 4.69) is 31.8 Å². The Morgan fingerprint density at radius 1 is 1.28 bits per heavy atom. The van der Waals surface area contributed by atoms with Crippen molar-refractivity contribution in [2.45, 2.75) is 13.0 Å². The number of amides is 1. The third-order valence-corrected chi connectivity index (χ3v) is 4.85. The first-order chi connectivity index (χ1) is 12.2. The molecule has 8 heteroatoms. The van der Waals surface area contributed by atoms with Crippen molar-refractivity contribution in [3.63, 3.8) is 0 Å². The molecule has 1 aliphatic rings. The number of hydrogen-bond donors (Lipinski definition) is 1. The van der Waals surface area contributed by atoms with E-state index in [4.69, 9.17) is 0 Å². The lowest BCUT2D eigenvalue weighted by Gasteiger charge is -2.40. The van der Waals surface area contributed by atoms with Crippen LogP contribution in [-0.4, -0.2) is 66.4 Å². The molecule has 0 aromatic carbocycles. The van der Waals surface area contributed by atoms with Gasteiger partial charge >= 0.3 is 0 Å². The summed E-state index contributed by atoms with van der Waals surface area (Å²) in [5, 5.41) is 0. The number of likely N-dealkylation sites (N-methyl/N-ethyl adjacent to an activating group) is 1. The molecule has 0 saturated carbocycles. The van der Waals surface area contributed by atoms with Gasteiger partial charge in [0.2, 0.25) is 0 Å². The molecule has 130 valence electrons. The van der Waals surface area contributed by atoms with Crippen molar-refractivity contribution >= 4 is 17.1 Å². The minimum atomic E-state index is -0.00147. The minimum absolute atomic E-state index is 0.00147. The highest BCUT2D eigenvalue weighted by atomic mass is 16.2. The minimum Gasteiger partial charge on any atom is -0.347 e. The van der Waals surface area contributed by atoms with E-state index in [1.54, 1.807) is 24.8 Å². The Morgan fingerprint density at radius 3 is 2.92 bits per heavy atom. The van der Waals surface area contributed by atoms with Crippen molar-refractivity contribution in [3.8, 4) is 0 Å². The number of pyridine rings is 1. The Bertz CT molecular complexity index is 886. The average Bonchev–Trinajstić information content (AvgIpc) is 3.31. The Hall–Kier alpha value is -2.74. The Kier molecular flexibility index (Phi) is 3.96. The van der Waals surface area contributed by atoms with Crippen LogP contribution in [0.1, 0.15) is 29.1 Å². The van der Waals surface area contributed by atoms with Gasteiger partial charge in [-0.25, -0.2) is 15.0 Å². The SMILES string of the molecule is CCN1CCN(C(=O)c2ccnc3c2ncn3C)CC1c1ncc[nH]1. The predicted octanol–water partition coefficient (Wildman–Crippen LogP) is 1.21. The van der Waals surface area contributed by atoms with Crippen LogP contribution in [0.5, 0.6) is 0 Å². The molecule has 1 fully saturated rings. The Labute approximate surface area is 145 Å². The van der Waals surface area contributed by atoms with Crippen LogP contribution in [0.2, 0.25) is 0 Å². The fourth-order valence-electron chi connectivity index (χ4n) is 3.47. The maximum atomic E-state index is 13.1. The van der Waals surface area contributed by atoms with Crippen LogP contribution >= 0.6 is 0 Å². The van der Waals surface area contributed by atoms with Crippen molar-refractivity contribution in [2.75, 3.05) is 26.2 Å². The second-order valence-corrected chi connectivity index (χ2v) is 6.26. The van der Waals surface area contributed by atoms with Gasteiger partial charge in [0.25, 0.3) is 5.91 Å². The lowest BCUT2D eigenvalue weighted by atomic mass is 10.1. The van der Waals surface area contributed by atoms with Crippen LogP contribution in [0.3, 0.4) is 0 Å². The number of hydrogen-bond acceptors (Lipinski definition) is 5. The number of nitrogens with zero attached hydrogens (tertiary/aromatic N) is 6. The van der Waals surface area contributed by atoms with Gasteiger partial charge in [0.05, 0.1) is 17.9 Å². The number of aryl methyl sites for hydroxylation is 1. The third-order valence-electron chi connectivity index (χ3n) is 4.85. The smallest absolute Gasteiger partial charge is 0.256 e. The highest BCUT2D eigenvalue weighted by Crippen LogP contribution is 2.25. The van der Waals surface area contributed by atoms with E-state index in [0.717, 1.165) is 24.6 Å². The first-order valence-corrected chi connectivity index (χ1v) is 8.47. The van der Waals surface area contributed by atoms with Crippen molar-refractivity contribution in [3.05, 3.63) is 42.4 Å². The maximum Gasteiger partial charge on any atom is 0.256 e. The van der Waals surface area contributed by atoms with Crippen LogP contribution in [0.25, 0.3) is 11.2 Å². The summed E-state index contributed by atoms with van der Waals surface area (Å²) in [6.45, 7) is 5.18. The summed E-state index contributed by atoms with van der Waals surface area (Å²) < 4.78 is 1.83. The number of H-pyrrole nitrogens is 1. The molecule has 1 saturated heterocycles. The lowest BCUT2D eigenvalue weighted by Crippen LogP contribution is -2.50. The van der Waals surface area contributed by atoms with E-state index in [-0.39, 0.29) is 11.9 Å². The van der Waals surface area contributed by atoms with Crippen molar-refractivity contribution in [2.24, 2.45) is 7.05 Å². The quantitative estimate of drug-likeness (QED) is 0.775. The molecular weight excluding hydrogens is 318 g/mol. The Balaban J connectivity index is 1.64. The molecule has 1 aliphatic heterocycles. The van der Waals surface area contributed by atoms with Crippen molar-refractivity contribution in [1.29, 1.82) is 0 Å². The van der Waals surface area contributed by atoms with E-state index in [1.165, 1.54) is 0 Å². The molecule has 1 unspecified atom stereocenters. The van der Waals surface area contributed by atoms with Gasteiger partial charge in [-0.15, -0.1) is 0 Å². The first-order valence-electron chi connectivity index (χ1n) is 8.47. The summed E-state index contributed by atoms with van der Waals surface area (Å²) in [5.41, 5.74) is 1.98. The number of aromatic nitrogens is 5. The zero-order valence-electron chi connectivity index (χ0n) is 14.4. The molecule has 1 atom stereocenters. The van der Waals surface area contributed by atoms with Crippen molar-refractivity contribution < 1.29 is 4.79 Å². The number of carbonyl (C=O) groups excluding carboxylic acids is 1. The van der Waals surface area contributed by atoms with E-state index >= 15 is 0 Å². The zero-order chi connectivity index (χ0) is 17.4. The monoisotopic (exact) mass is 339 g/mol. The number of piperazine rings is 1. The number of fused-ring (bicyclic) bond motifs is 1. The molecule has 4 heterocycles.